The summed E-state index contributed by atoms with van der Waals surface area (Å²) in [5.41, 5.74) is -0.0588. The summed E-state index contributed by atoms with van der Waals surface area (Å²) in [5.74, 6) is 0.865. The summed E-state index contributed by atoms with van der Waals surface area (Å²) in [5, 5.41) is 0. The highest BCUT2D eigenvalue weighted by Crippen LogP contribution is 2.21. The molecular formula is C12H17N3O2. The molecule has 0 aliphatic carbocycles. The highest BCUT2D eigenvalue weighted by Gasteiger charge is 2.26. The third-order valence-corrected chi connectivity index (χ3v) is 3.05. The smallest absolute Gasteiger partial charge is 0.272 e. The molecule has 92 valence electrons. The van der Waals surface area contributed by atoms with Crippen LogP contribution in [0.2, 0.25) is 0 Å². The van der Waals surface area contributed by atoms with Crippen molar-refractivity contribution in [1.29, 1.82) is 0 Å². The average Bonchev–Trinajstić information content (AvgIpc) is 2.26. The fourth-order valence-electron chi connectivity index (χ4n) is 2.48. The molecule has 1 aromatic heterocycles. The van der Waals surface area contributed by atoms with Crippen molar-refractivity contribution in [1.82, 2.24) is 14.9 Å². The number of aromatic nitrogens is 2. The van der Waals surface area contributed by atoms with Crippen LogP contribution in [0.15, 0.2) is 17.2 Å². The molecule has 1 N–H and O–H groups in total. The summed E-state index contributed by atoms with van der Waals surface area (Å²) in [4.78, 5) is 31.4. The molecule has 0 bridgehead atoms. The van der Waals surface area contributed by atoms with Crippen LogP contribution in [-0.4, -0.2) is 33.9 Å². The van der Waals surface area contributed by atoms with E-state index in [2.05, 4.69) is 23.8 Å². The number of nitrogens with one attached hydrogen (secondary N) is 1. The molecule has 0 radical (unpaired) electrons. The zero-order valence-corrected chi connectivity index (χ0v) is 10.1. The van der Waals surface area contributed by atoms with Gasteiger partial charge in [0.2, 0.25) is 0 Å². The molecular weight excluding hydrogens is 218 g/mol. The van der Waals surface area contributed by atoms with E-state index in [0.29, 0.717) is 11.8 Å². The normalized spacial score (nSPS) is 24.7. The van der Waals surface area contributed by atoms with E-state index in [1.165, 1.54) is 12.4 Å². The number of carbonyl (C=O) groups is 1. The first-order valence-corrected chi connectivity index (χ1v) is 5.90. The van der Waals surface area contributed by atoms with Gasteiger partial charge in [0.25, 0.3) is 11.5 Å². The van der Waals surface area contributed by atoms with Crippen molar-refractivity contribution in [2.45, 2.75) is 20.3 Å². The standard InChI is InChI=1S/C12H17N3O2/c1-8-3-9(2)6-15(5-8)12(17)10-4-11(16)14-7-13-10/h4,7-9H,3,5-6H2,1-2H3,(H,13,14,16). The first-order valence-electron chi connectivity index (χ1n) is 5.90. The molecule has 5 heteroatoms. The van der Waals surface area contributed by atoms with Crippen LogP contribution >= 0.6 is 0 Å². The summed E-state index contributed by atoms with van der Waals surface area (Å²) in [7, 11) is 0. The highest BCUT2D eigenvalue weighted by atomic mass is 16.2. The molecule has 2 heterocycles. The number of H-pyrrole nitrogens is 1. The third-order valence-electron chi connectivity index (χ3n) is 3.05. The number of aromatic amines is 1. The van der Waals surface area contributed by atoms with Gasteiger partial charge in [-0.15, -0.1) is 0 Å². The molecule has 0 aromatic carbocycles. The molecule has 0 spiro atoms. The summed E-state index contributed by atoms with van der Waals surface area (Å²) < 4.78 is 0. The van der Waals surface area contributed by atoms with Crippen LogP contribution in [0.4, 0.5) is 0 Å². The van der Waals surface area contributed by atoms with Crippen LogP contribution in [0, 0.1) is 11.8 Å². The Labute approximate surface area is 99.9 Å². The van der Waals surface area contributed by atoms with Gasteiger partial charge < -0.3 is 9.88 Å². The van der Waals surface area contributed by atoms with Crippen molar-refractivity contribution >= 4 is 5.91 Å². The van der Waals surface area contributed by atoms with E-state index in [1.54, 1.807) is 4.90 Å². The van der Waals surface area contributed by atoms with E-state index < -0.39 is 0 Å². The number of rotatable bonds is 1. The zero-order chi connectivity index (χ0) is 12.4. The van der Waals surface area contributed by atoms with E-state index >= 15 is 0 Å². The van der Waals surface area contributed by atoms with E-state index in [1.807, 2.05) is 0 Å². The molecule has 1 amide bonds. The van der Waals surface area contributed by atoms with Crippen LogP contribution in [0.1, 0.15) is 30.8 Å². The first kappa shape index (κ1) is 11.8. The Morgan fingerprint density at radius 3 is 2.65 bits per heavy atom. The minimum Gasteiger partial charge on any atom is -0.337 e. The number of hydrogen-bond donors (Lipinski definition) is 1. The average molecular weight is 235 g/mol. The maximum Gasteiger partial charge on any atom is 0.272 e. The Hall–Kier alpha value is -1.65. The number of nitrogens with zero attached hydrogens (tertiary/aromatic N) is 2. The van der Waals surface area contributed by atoms with Gasteiger partial charge in [0.15, 0.2) is 0 Å². The van der Waals surface area contributed by atoms with Crippen LogP contribution in [0.25, 0.3) is 0 Å². The topological polar surface area (TPSA) is 66.1 Å². The van der Waals surface area contributed by atoms with Crippen LogP contribution < -0.4 is 5.56 Å². The van der Waals surface area contributed by atoms with Crippen molar-refractivity contribution in [2.75, 3.05) is 13.1 Å². The SMILES string of the molecule is CC1CC(C)CN(C(=O)c2cc(=O)[nH]cn2)C1. The summed E-state index contributed by atoms with van der Waals surface area (Å²) in [6.07, 6.45) is 2.42. The van der Waals surface area contributed by atoms with Crippen LogP contribution in [0.3, 0.4) is 0 Å². The van der Waals surface area contributed by atoms with Gasteiger partial charge >= 0.3 is 0 Å². The predicted molar refractivity (Wildman–Crippen MR) is 63.7 cm³/mol. The molecule has 5 nitrogen and oxygen atoms in total. The summed E-state index contributed by atoms with van der Waals surface area (Å²) >= 11 is 0. The molecule has 1 fully saturated rings. The van der Waals surface area contributed by atoms with Crippen LogP contribution in [-0.2, 0) is 0 Å². The molecule has 2 rings (SSSR count). The number of carbonyl (C=O) groups excluding carboxylic acids is 1. The van der Waals surface area contributed by atoms with Gasteiger partial charge in [-0.05, 0) is 18.3 Å². The van der Waals surface area contributed by atoms with Gasteiger partial charge in [-0.25, -0.2) is 4.98 Å². The quantitative estimate of drug-likeness (QED) is 0.786. The molecule has 1 saturated heterocycles. The molecule has 1 aromatic rings. The summed E-state index contributed by atoms with van der Waals surface area (Å²) in [6.45, 7) is 5.78. The molecule has 1 aliphatic rings. The fraction of sp³-hybridized carbons (Fsp3) is 0.583. The number of likely N-dealkylation sites (tertiary alicyclic amines) is 1. The van der Waals surface area contributed by atoms with Gasteiger partial charge in [0.1, 0.15) is 5.69 Å². The van der Waals surface area contributed by atoms with Crippen molar-refractivity contribution in [3.05, 3.63) is 28.4 Å². The lowest BCUT2D eigenvalue weighted by molar-refractivity contribution is 0.0617. The third kappa shape index (κ3) is 2.72. The maximum absolute atomic E-state index is 12.2. The van der Waals surface area contributed by atoms with Gasteiger partial charge in [-0.2, -0.15) is 0 Å². The number of amides is 1. The Morgan fingerprint density at radius 1 is 1.41 bits per heavy atom. The Bertz CT molecular complexity index is 459. The lowest BCUT2D eigenvalue weighted by Crippen LogP contribution is -2.43. The monoisotopic (exact) mass is 235 g/mol. The van der Waals surface area contributed by atoms with Gasteiger partial charge in [-0.1, -0.05) is 13.8 Å². The molecule has 2 unspecified atom stereocenters. The highest BCUT2D eigenvalue weighted by molar-refractivity contribution is 5.92. The molecule has 2 atom stereocenters. The number of piperidine rings is 1. The van der Waals surface area contributed by atoms with Crippen molar-refractivity contribution in [3.63, 3.8) is 0 Å². The van der Waals surface area contributed by atoms with Crippen molar-refractivity contribution < 1.29 is 4.79 Å². The van der Waals surface area contributed by atoms with Gasteiger partial charge in [0, 0.05) is 19.2 Å². The second-order valence-electron chi connectivity index (χ2n) is 4.95. The zero-order valence-electron chi connectivity index (χ0n) is 10.1. The van der Waals surface area contributed by atoms with E-state index in [-0.39, 0.29) is 17.2 Å². The lowest BCUT2D eigenvalue weighted by atomic mass is 9.92. The van der Waals surface area contributed by atoms with Gasteiger partial charge in [-0.3, -0.25) is 9.59 Å². The summed E-state index contributed by atoms with van der Waals surface area (Å²) in [6, 6.07) is 1.26. The minimum atomic E-state index is -0.290. The molecule has 1 aliphatic heterocycles. The first-order chi connectivity index (χ1) is 8.06. The second-order valence-corrected chi connectivity index (χ2v) is 4.95. The van der Waals surface area contributed by atoms with E-state index in [4.69, 9.17) is 0 Å². The Kier molecular flexibility index (Phi) is 3.26. The predicted octanol–water partition coefficient (Wildman–Crippen LogP) is 0.888. The van der Waals surface area contributed by atoms with E-state index in [0.717, 1.165) is 19.5 Å². The lowest BCUT2D eigenvalue weighted by Gasteiger charge is -2.34. The molecule has 17 heavy (non-hydrogen) atoms. The van der Waals surface area contributed by atoms with Crippen molar-refractivity contribution in [2.24, 2.45) is 11.8 Å². The number of hydrogen-bond acceptors (Lipinski definition) is 3. The minimum absolute atomic E-state index is 0.144. The Balaban J connectivity index is 2.17. The Morgan fingerprint density at radius 2 is 2.06 bits per heavy atom. The second kappa shape index (κ2) is 4.69. The molecule has 0 saturated carbocycles. The van der Waals surface area contributed by atoms with Crippen LogP contribution in [0.5, 0.6) is 0 Å². The van der Waals surface area contributed by atoms with E-state index in [9.17, 15) is 9.59 Å². The maximum atomic E-state index is 12.2. The largest absolute Gasteiger partial charge is 0.337 e. The van der Waals surface area contributed by atoms with Crippen molar-refractivity contribution in [3.8, 4) is 0 Å². The fourth-order valence-corrected chi connectivity index (χ4v) is 2.48. The van der Waals surface area contributed by atoms with Gasteiger partial charge in [0.05, 0.1) is 6.33 Å².